The Hall–Kier alpha value is -1.79. The Balaban J connectivity index is 2.96. The van der Waals surface area contributed by atoms with Gasteiger partial charge in [0.1, 0.15) is 6.10 Å². The summed E-state index contributed by atoms with van der Waals surface area (Å²) in [6, 6.07) is 3.26. The molecule has 15 heavy (non-hydrogen) atoms. The molecule has 0 aromatic heterocycles. The molecule has 0 unspecified atom stereocenters. The molecule has 6 heteroatoms. The summed E-state index contributed by atoms with van der Waals surface area (Å²) in [6.45, 7) is 0. The normalized spacial score (nSPS) is 14.5. The molecule has 0 aliphatic heterocycles. The summed E-state index contributed by atoms with van der Waals surface area (Å²) in [5.74, 6) is -2.46. The highest BCUT2D eigenvalue weighted by Crippen LogP contribution is 2.28. The minimum absolute atomic E-state index is 0.000185. The number of aromatic hydroxyl groups is 2. The molecule has 0 spiro atoms. The van der Waals surface area contributed by atoms with Crippen LogP contribution in [0.3, 0.4) is 0 Å². The van der Waals surface area contributed by atoms with Crippen molar-refractivity contribution in [2.75, 3.05) is 0 Å². The van der Waals surface area contributed by atoms with Gasteiger partial charge in [-0.05, 0) is 17.7 Å². The third kappa shape index (κ3) is 2.36. The van der Waals surface area contributed by atoms with Crippen molar-refractivity contribution < 1.29 is 30.3 Å². The first-order valence-corrected chi connectivity index (χ1v) is 4.04. The lowest BCUT2D eigenvalue weighted by molar-refractivity contribution is -0.153. The first-order chi connectivity index (χ1) is 6.93. The summed E-state index contributed by atoms with van der Waals surface area (Å²) in [6.07, 6.45) is -3.64. The average molecular weight is 214 g/mol. The zero-order valence-electron chi connectivity index (χ0n) is 7.53. The molecule has 1 aromatic rings. The number of phenols is 2. The van der Waals surface area contributed by atoms with Gasteiger partial charge in [-0.1, -0.05) is 6.07 Å². The van der Waals surface area contributed by atoms with Crippen LogP contribution in [0.15, 0.2) is 18.2 Å². The summed E-state index contributed by atoms with van der Waals surface area (Å²) in [7, 11) is 0. The zero-order valence-corrected chi connectivity index (χ0v) is 7.53. The van der Waals surface area contributed by atoms with Gasteiger partial charge in [-0.2, -0.15) is 0 Å². The molecule has 0 bridgehead atoms. The SMILES string of the molecule is O=C(O)[C@@H](O)[C@H](O)c1ccc(O)c(O)c1. The number of carboxylic acid groups (broad SMARTS) is 1. The number of benzene rings is 1. The molecule has 0 radical (unpaired) electrons. The van der Waals surface area contributed by atoms with Crippen molar-refractivity contribution in [2.45, 2.75) is 12.2 Å². The van der Waals surface area contributed by atoms with Gasteiger partial charge in [0.2, 0.25) is 0 Å². The first kappa shape index (κ1) is 11.3. The predicted octanol–water partition coefficient (Wildman–Crippen LogP) is -0.423. The van der Waals surface area contributed by atoms with E-state index in [1.807, 2.05) is 0 Å². The van der Waals surface area contributed by atoms with E-state index >= 15 is 0 Å². The van der Waals surface area contributed by atoms with Gasteiger partial charge in [0.15, 0.2) is 17.6 Å². The Morgan fingerprint density at radius 1 is 1.13 bits per heavy atom. The molecule has 0 saturated carbocycles. The van der Waals surface area contributed by atoms with Crippen LogP contribution in [0.1, 0.15) is 11.7 Å². The zero-order chi connectivity index (χ0) is 11.6. The van der Waals surface area contributed by atoms with Crippen molar-refractivity contribution >= 4 is 5.97 Å². The van der Waals surface area contributed by atoms with Gasteiger partial charge in [0, 0.05) is 0 Å². The molecule has 1 aromatic carbocycles. The van der Waals surface area contributed by atoms with Crippen LogP contribution >= 0.6 is 0 Å². The molecule has 5 N–H and O–H groups in total. The summed E-state index contributed by atoms with van der Waals surface area (Å²) >= 11 is 0. The van der Waals surface area contributed by atoms with Crippen LogP contribution in [0.2, 0.25) is 0 Å². The number of hydrogen-bond acceptors (Lipinski definition) is 5. The fourth-order valence-electron chi connectivity index (χ4n) is 1.04. The number of carbonyl (C=O) groups is 1. The third-order valence-electron chi connectivity index (χ3n) is 1.89. The molecule has 0 aliphatic rings. The van der Waals surface area contributed by atoms with Crippen LogP contribution in [0.25, 0.3) is 0 Å². The van der Waals surface area contributed by atoms with Gasteiger partial charge in [0.05, 0.1) is 0 Å². The van der Waals surface area contributed by atoms with Crippen LogP contribution in [0.4, 0.5) is 0 Å². The van der Waals surface area contributed by atoms with E-state index in [2.05, 4.69) is 0 Å². The Labute approximate surface area is 84.7 Å². The number of aliphatic hydroxyl groups is 2. The van der Waals surface area contributed by atoms with E-state index in [0.29, 0.717) is 0 Å². The monoisotopic (exact) mass is 214 g/mol. The predicted molar refractivity (Wildman–Crippen MR) is 48.4 cm³/mol. The molecule has 82 valence electrons. The van der Waals surface area contributed by atoms with Crippen molar-refractivity contribution in [3.63, 3.8) is 0 Å². The van der Waals surface area contributed by atoms with Crippen molar-refractivity contribution in [3.05, 3.63) is 23.8 Å². The fourth-order valence-corrected chi connectivity index (χ4v) is 1.04. The van der Waals surface area contributed by atoms with E-state index in [-0.39, 0.29) is 5.56 Å². The Morgan fingerprint density at radius 2 is 1.73 bits per heavy atom. The molecule has 6 nitrogen and oxygen atoms in total. The second-order valence-corrected chi connectivity index (χ2v) is 2.98. The van der Waals surface area contributed by atoms with Crippen LogP contribution in [0.5, 0.6) is 11.5 Å². The number of carboxylic acids is 1. The standard InChI is InChI=1S/C9H10O6/c10-5-2-1-4(3-6(5)11)7(12)8(13)9(14)15/h1-3,7-8,10-13H,(H,14,15)/t7-,8+/m1/s1. The Bertz CT molecular complexity index is 375. The second-order valence-electron chi connectivity index (χ2n) is 2.98. The number of rotatable bonds is 3. The first-order valence-electron chi connectivity index (χ1n) is 4.04. The summed E-state index contributed by atoms with van der Waals surface area (Å²) < 4.78 is 0. The molecule has 0 amide bonds. The molecular formula is C9H10O6. The number of phenolic OH excluding ortho intramolecular Hbond substituents is 2. The maximum atomic E-state index is 10.3. The van der Waals surface area contributed by atoms with Crippen LogP contribution in [-0.4, -0.2) is 37.6 Å². The molecular weight excluding hydrogens is 204 g/mol. The van der Waals surface area contributed by atoms with Gasteiger partial charge in [0.25, 0.3) is 0 Å². The smallest absolute Gasteiger partial charge is 0.335 e. The molecule has 0 heterocycles. The highest BCUT2D eigenvalue weighted by atomic mass is 16.4. The largest absolute Gasteiger partial charge is 0.504 e. The number of hydrogen-bond donors (Lipinski definition) is 5. The number of aliphatic carboxylic acids is 1. The van der Waals surface area contributed by atoms with Crippen molar-refractivity contribution in [3.8, 4) is 11.5 Å². The summed E-state index contributed by atoms with van der Waals surface area (Å²) in [5, 5.41) is 44.8. The highest BCUT2D eigenvalue weighted by molar-refractivity contribution is 5.73. The summed E-state index contributed by atoms with van der Waals surface area (Å²) in [4.78, 5) is 10.3. The van der Waals surface area contributed by atoms with Crippen molar-refractivity contribution in [2.24, 2.45) is 0 Å². The van der Waals surface area contributed by atoms with E-state index in [0.717, 1.165) is 12.1 Å². The van der Waals surface area contributed by atoms with Crippen LogP contribution < -0.4 is 0 Å². The van der Waals surface area contributed by atoms with Gasteiger partial charge in [-0.15, -0.1) is 0 Å². The highest BCUT2D eigenvalue weighted by Gasteiger charge is 2.25. The Kier molecular flexibility index (Phi) is 3.13. The van der Waals surface area contributed by atoms with E-state index < -0.39 is 29.7 Å². The minimum atomic E-state index is -1.98. The van der Waals surface area contributed by atoms with E-state index in [9.17, 15) is 9.90 Å². The van der Waals surface area contributed by atoms with Gasteiger partial charge < -0.3 is 25.5 Å². The lowest BCUT2D eigenvalue weighted by Crippen LogP contribution is -2.27. The van der Waals surface area contributed by atoms with Crippen molar-refractivity contribution in [1.29, 1.82) is 0 Å². The molecule has 2 atom stereocenters. The molecule has 0 saturated heterocycles. The second kappa shape index (κ2) is 4.16. The molecule has 0 aliphatic carbocycles. The van der Waals surface area contributed by atoms with Gasteiger partial charge in [-0.3, -0.25) is 0 Å². The fraction of sp³-hybridized carbons (Fsp3) is 0.222. The lowest BCUT2D eigenvalue weighted by atomic mass is 10.0. The lowest BCUT2D eigenvalue weighted by Gasteiger charge is -2.14. The third-order valence-corrected chi connectivity index (χ3v) is 1.89. The average Bonchev–Trinajstić information content (AvgIpc) is 2.19. The van der Waals surface area contributed by atoms with E-state index in [1.165, 1.54) is 6.07 Å². The topological polar surface area (TPSA) is 118 Å². The van der Waals surface area contributed by atoms with E-state index in [1.54, 1.807) is 0 Å². The van der Waals surface area contributed by atoms with Crippen LogP contribution in [0, 0.1) is 0 Å². The summed E-state index contributed by atoms with van der Waals surface area (Å²) in [5.41, 5.74) is 0.000185. The number of aliphatic hydroxyl groups excluding tert-OH is 2. The maximum Gasteiger partial charge on any atom is 0.335 e. The molecule has 0 fully saturated rings. The maximum absolute atomic E-state index is 10.3. The van der Waals surface area contributed by atoms with Gasteiger partial charge >= 0.3 is 5.97 Å². The molecule has 1 rings (SSSR count). The Morgan fingerprint density at radius 3 is 2.20 bits per heavy atom. The quantitative estimate of drug-likeness (QED) is 0.436. The van der Waals surface area contributed by atoms with Crippen LogP contribution in [-0.2, 0) is 4.79 Å². The van der Waals surface area contributed by atoms with Crippen molar-refractivity contribution in [1.82, 2.24) is 0 Å². The van der Waals surface area contributed by atoms with E-state index in [4.69, 9.17) is 20.4 Å². The minimum Gasteiger partial charge on any atom is -0.504 e. The van der Waals surface area contributed by atoms with Gasteiger partial charge in [-0.25, -0.2) is 4.79 Å².